The van der Waals surface area contributed by atoms with Crippen molar-refractivity contribution in [2.75, 3.05) is 11.9 Å². The summed E-state index contributed by atoms with van der Waals surface area (Å²) in [7, 11) is 0. The number of benzene rings is 1. The van der Waals surface area contributed by atoms with Crippen molar-refractivity contribution in [1.82, 2.24) is 24.4 Å². The van der Waals surface area contributed by atoms with Crippen LogP contribution in [-0.2, 0) is 6.54 Å². The van der Waals surface area contributed by atoms with E-state index in [2.05, 4.69) is 20.5 Å². The number of nitrogens with one attached hydrogen (secondary N) is 1. The summed E-state index contributed by atoms with van der Waals surface area (Å²) in [6, 6.07) is 13.5. The van der Waals surface area contributed by atoms with Crippen molar-refractivity contribution in [3.8, 4) is 22.9 Å². The Morgan fingerprint density at radius 2 is 2.07 bits per heavy atom. The highest BCUT2D eigenvalue weighted by molar-refractivity contribution is 5.78. The van der Waals surface area contributed by atoms with Gasteiger partial charge in [-0.05, 0) is 48.6 Å². The second-order valence-corrected chi connectivity index (χ2v) is 7.12. The van der Waals surface area contributed by atoms with Crippen molar-refractivity contribution in [3.05, 3.63) is 55.0 Å². The number of nitrogens with zero attached hydrogens (tertiary/aromatic N) is 6. The Morgan fingerprint density at radius 1 is 1.21 bits per heavy atom. The molecule has 1 aliphatic rings. The number of pyridine rings is 1. The lowest BCUT2D eigenvalue weighted by atomic mass is 10.1. The Morgan fingerprint density at radius 3 is 2.86 bits per heavy atom. The molecule has 0 spiro atoms. The zero-order chi connectivity index (χ0) is 19.6. The first kappa shape index (κ1) is 17.3. The summed E-state index contributed by atoms with van der Waals surface area (Å²) < 4.78 is 9.05. The lowest BCUT2D eigenvalue weighted by Crippen LogP contribution is -1.99. The van der Waals surface area contributed by atoms with Gasteiger partial charge in [-0.15, -0.1) is 5.10 Å². The summed E-state index contributed by atoms with van der Waals surface area (Å²) in [4.78, 5) is 4.67. The van der Waals surface area contributed by atoms with E-state index < -0.39 is 0 Å². The van der Waals surface area contributed by atoms with Crippen LogP contribution in [0.15, 0.2) is 55.0 Å². The number of nitriles is 1. The van der Waals surface area contributed by atoms with Gasteiger partial charge in [-0.25, -0.2) is 4.52 Å². The minimum absolute atomic E-state index is 0.0331. The highest BCUT2D eigenvalue weighted by atomic mass is 16.5. The molecule has 3 heterocycles. The molecule has 0 bridgehead atoms. The summed E-state index contributed by atoms with van der Waals surface area (Å²) in [6.07, 6.45) is 8.26. The van der Waals surface area contributed by atoms with Crippen LogP contribution in [0.4, 0.5) is 11.6 Å². The van der Waals surface area contributed by atoms with Gasteiger partial charge in [0, 0.05) is 24.5 Å². The lowest BCUT2D eigenvalue weighted by molar-refractivity contribution is 0.368. The number of fused-ring (bicyclic) bond motifs is 1. The summed E-state index contributed by atoms with van der Waals surface area (Å²) in [5.74, 6) is 1.96. The van der Waals surface area contributed by atoms with E-state index in [0.717, 1.165) is 34.9 Å². The van der Waals surface area contributed by atoms with Gasteiger partial charge in [-0.2, -0.15) is 15.3 Å². The van der Waals surface area contributed by atoms with Crippen LogP contribution in [0.1, 0.15) is 12.8 Å². The van der Waals surface area contributed by atoms with Crippen LogP contribution in [-0.4, -0.2) is 31.0 Å². The van der Waals surface area contributed by atoms with Gasteiger partial charge in [-0.3, -0.25) is 4.68 Å². The largest absolute Gasteiger partial charge is 0.479 e. The molecule has 3 aromatic heterocycles. The van der Waals surface area contributed by atoms with E-state index in [1.165, 1.54) is 12.8 Å². The molecular weight excluding hydrogens is 366 g/mol. The predicted molar refractivity (Wildman–Crippen MR) is 108 cm³/mol. The van der Waals surface area contributed by atoms with Gasteiger partial charge in [-0.1, -0.05) is 12.1 Å². The van der Waals surface area contributed by atoms with Gasteiger partial charge in [0.25, 0.3) is 0 Å². The monoisotopic (exact) mass is 385 g/mol. The quantitative estimate of drug-likeness (QED) is 0.522. The van der Waals surface area contributed by atoms with Crippen LogP contribution < -0.4 is 10.1 Å². The summed E-state index contributed by atoms with van der Waals surface area (Å²) in [5, 5.41) is 20.8. The molecule has 1 aliphatic carbocycles. The highest BCUT2D eigenvalue weighted by Gasteiger charge is 2.22. The lowest BCUT2D eigenvalue weighted by Gasteiger charge is -2.05. The van der Waals surface area contributed by atoms with Crippen molar-refractivity contribution < 1.29 is 4.74 Å². The van der Waals surface area contributed by atoms with Gasteiger partial charge >= 0.3 is 0 Å². The van der Waals surface area contributed by atoms with E-state index in [1.807, 2.05) is 59.5 Å². The molecule has 4 aromatic rings. The normalized spacial score (nSPS) is 13.3. The zero-order valence-corrected chi connectivity index (χ0v) is 15.7. The maximum atomic E-state index is 8.62. The number of anilines is 2. The predicted octanol–water partition coefficient (Wildman–Crippen LogP) is 3.65. The van der Waals surface area contributed by atoms with Crippen molar-refractivity contribution in [3.63, 3.8) is 0 Å². The Balaban J connectivity index is 1.39. The minimum Gasteiger partial charge on any atom is -0.479 e. The molecule has 0 aliphatic heterocycles. The van der Waals surface area contributed by atoms with Gasteiger partial charge in [0.2, 0.25) is 5.95 Å². The fourth-order valence-corrected chi connectivity index (χ4v) is 3.25. The standard InChI is InChI=1S/C21H19N7O/c22-9-11-29-18-7-5-16(6-8-18)19-2-1-10-28-20(19)25-21(26-28)24-17-12-23-27(14-17)13-15-3-4-15/h1-2,5-8,10,12,14-15H,3-4,11,13H2,(H,24,26). The van der Waals surface area contributed by atoms with Crippen LogP contribution in [0.3, 0.4) is 0 Å². The third-order valence-corrected chi connectivity index (χ3v) is 4.86. The number of rotatable bonds is 7. The van der Waals surface area contributed by atoms with Crippen LogP contribution >= 0.6 is 0 Å². The van der Waals surface area contributed by atoms with E-state index in [4.69, 9.17) is 10.00 Å². The van der Waals surface area contributed by atoms with E-state index in [9.17, 15) is 0 Å². The van der Waals surface area contributed by atoms with E-state index in [1.54, 1.807) is 10.7 Å². The van der Waals surface area contributed by atoms with Crippen LogP contribution in [0.5, 0.6) is 5.75 Å². The molecule has 1 aromatic carbocycles. The van der Waals surface area contributed by atoms with Gasteiger partial charge < -0.3 is 10.1 Å². The van der Waals surface area contributed by atoms with Gasteiger partial charge in [0.05, 0.1) is 11.9 Å². The van der Waals surface area contributed by atoms with E-state index >= 15 is 0 Å². The highest BCUT2D eigenvalue weighted by Crippen LogP contribution is 2.31. The molecule has 8 nitrogen and oxygen atoms in total. The average Bonchev–Trinajstić information content (AvgIpc) is 3.28. The Hall–Kier alpha value is -3.86. The first-order chi connectivity index (χ1) is 14.3. The maximum absolute atomic E-state index is 8.62. The molecular formula is C21H19N7O. The number of aromatic nitrogens is 5. The second-order valence-electron chi connectivity index (χ2n) is 7.12. The smallest absolute Gasteiger partial charge is 0.247 e. The third-order valence-electron chi connectivity index (χ3n) is 4.86. The molecule has 0 radical (unpaired) electrons. The first-order valence-corrected chi connectivity index (χ1v) is 9.53. The topological polar surface area (TPSA) is 93.1 Å². The summed E-state index contributed by atoms with van der Waals surface area (Å²) in [5.41, 5.74) is 3.59. The van der Waals surface area contributed by atoms with Crippen molar-refractivity contribution in [2.24, 2.45) is 5.92 Å². The Bertz CT molecular complexity index is 1180. The second kappa shape index (κ2) is 7.28. The molecule has 1 N–H and O–H groups in total. The Labute approximate surface area is 167 Å². The van der Waals surface area contributed by atoms with Crippen molar-refractivity contribution >= 4 is 17.3 Å². The average molecular weight is 385 g/mol. The van der Waals surface area contributed by atoms with Crippen LogP contribution in [0.2, 0.25) is 0 Å². The first-order valence-electron chi connectivity index (χ1n) is 9.53. The fraction of sp³-hybridized carbons (Fsp3) is 0.238. The van der Waals surface area contributed by atoms with E-state index in [0.29, 0.717) is 11.7 Å². The van der Waals surface area contributed by atoms with Crippen LogP contribution in [0.25, 0.3) is 16.8 Å². The Kier molecular flexibility index (Phi) is 4.33. The molecule has 0 amide bonds. The zero-order valence-electron chi connectivity index (χ0n) is 15.7. The van der Waals surface area contributed by atoms with Crippen molar-refractivity contribution in [2.45, 2.75) is 19.4 Å². The van der Waals surface area contributed by atoms with Gasteiger partial charge in [0.1, 0.15) is 11.8 Å². The molecule has 0 atom stereocenters. The SMILES string of the molecule is N#CCOc1ccc(-c2cccn3nc(Nc4cnn(CC5CC5)c4)nc23)cc1. The fourth-order valence-electron chi connectivity index (χ4n) is 3.25. The van der Waals surface area contributed by atoms with Crippen LogP contribution in [0, 0.1) is 17.2 Å². The number of ether oxygens (including phenoxy) is 1. The summed E-state index contributed by atoms with van der Waals surface area (Å²) >= 11 is 0. The third kappa shape index (κ3) is 3.75. The molecule has 144 valence electrons. The molecule has 0 unspecified atom stereocenters. The molecule has 5 rings (SSSR count). The van der Waals surface area contributed by atoms with E-state index in [-0.39, 0.29) is 6.61 Å². The summed E-state index contributed by atoms with van der Waals surface area (Å²) in [6.45, 7) is 1.00. The van der Waals surface area contributed by atoms with Crippen molar-refractivity contribution in [1.29, 1.82) is 5.26 Å². The molecule has 1 fully saturated rings. The molecule has 1 saturated carbocycles. The number of hydrogen-bond acceptors (Lipinski definition) is 6. The minimum atomic E-state index is 0.0331. The molecule has 0 saturated heterocycles. The molecule has 29 heavy (non-hydrogen) atoms. The number of hydrogen-bond donors (Lipinski definition) is 1. The maximum Gasteiger partial charge on any atom is 0.247 e. The van der Waals surface area contributed by atoms with Gasteiger partial charge in [0.15, 0.2) is 12.3 Å². The molecule has 8 heteroatoms.